The van der Waals surface area contributed by atoms with Gasteiger partial charge in [0.2, 0.25) is 5.82 Å². The smallest absolute Gasteiger partial charge is 0.258 e. The zero-order chi connectivity index (χ0) is 18.2. The standard InChI is InChI=1S/C19H14N6O2/c20-9-14-7-13(4-5-15(14)21-10-11-1-2-11)19-22-18(25-26-19)12-3-6-16-17(8-12)24-27-23-16/h3-8,11,21H,1-2,10H2. The van der Waals surface area contributed by atoms with Gasteiger partial charge < -0.3 is 9.84 Å². The normalized spacial score (nSPS) is 13.6. The van der Waals surface area contributed by atoms with Gasteiger partial charge in [0.05, 0.1) is 11.3 Å². The minimum Gasteiger partial charge on any atom is -0.384 e. The molecule has 8 heteroatoms. The Bertz CT molecular complexity index is 1170. The summed E-state index contributed by atoms with van der Waals surface area (Å²) in [4.78, 5) is 4.44. The summed E-state index contributed by atoms with van der Waals surface area (Å²) in [5, 5.41) is 24.4. The average Bonchev–Trinajstić information content (AvgIpc) is 3.19. The van der Waals surface area contributed by atoms with Gasteiger partial charge in [-0.05, 0) is 65.5 Å². The largest absolute Gasteiger partial charge is 0.384 e. The Morgan fingerprint density at radius 1 is 1.04 bits per heavy atom. The van der Waals surface area contributed by atoms with Gasteiger partial charge in [-0.25, -0.2) is 4.63 Å². The second-order valence-corrected chi connectivity index (χ2v) is 6.59. The van der Waals surface area contributed by atoms with E-state index >= 15 is 0 Å². The topological polar surface area (TPSA) is 114 Å². The summed E-state index contributed by atoms with van der Waals surface area (Å²) in [7, 11) is 0. The Kier molecular flexibility index (Phi) is 3.57. The Morgan fingerprint density at radius 2 is 1.89 bits per heavy atom. The molecule has 4 aromatic rings. The number of benzene rings is 2. The van der Waals surface area contributed by atoms with Crippen molar-refractivity contribution in [2.75, 3.05) is 11.9 Å². The van der Waals surface area contributed by atoms with Crippen LogP contribution in [0.4, 0.5) is 5.69 Å². The van der Waals surface area contributed by atoms with Gasteiger partial charge in [-0.2, -0.15) is 10.2 Å². The summed E-state index contributed by atoms with van der Waals surface area (Å²) >= 11 is 0. The minimum atomic E-state index is 0.355. The van der Waals surface area contributed by atoms with Gasteiger partial charge in [0.1, 0.15) is 17.1 Å². The second kappa shape index (κ2) is 6.21. The second-order valence-electron chi connectivity index (χ2n) is 6.59. The molecule has 0 bridgehead atoms. The maximum atomic E-state index is 9.46. The zero-order valence-corrected chi connectivity index (χ0v) is 14.2. The highest BCUT2D eigenvalue weighted by atomic mass is 16.6. The molecule has 1 N–H and O–H groups in total. The van der Waals surface area contributed by atoms with E-state index in [9.17, 15) is 5.26 Å². The highest BCUT2D eigenvalue weighted by molar-refractivity contribution is 5.79. The molecule has 1 fully saturated rings. The molecule has 2 heterocycles. The summed E-state index contributed by atoms with van der Waals surface area (Å²) in [6.07, 6.45) is 2.52. The molecule has 1 aliphatic carbocycles. The van der Waals surface area contributed by atoms with Gasteiger partial charge in [-0.15, -0.1) is 0 Å². The Balaban J connectivity index is 1.43. The van der Waals surface area contributed by atoms with E-state index in [-0.39, 0.29) is 0 Å². The molecule has 27 heavy (non-hydrogen) atoms. The minimum absolute atomic E-state index is 0.355. The Morgan fingerprint density at radius 3 is 2.74 bits per heavy atom. The van der Waals surface area contributed by atoms with Gasteiger partial charge >= 0.3 is 0 Å². The SMILES string of the molecule is N#Cc1cc(-c2nc(-c3ccc4nonc4c3)no2)ccc1NCC1CC1. The number of hydrogen-bond donors (Lipinski definition) is 1. The van der Waals surface area contributed by atoms with Crippen LogP contribution in [0.1, 0.15) is 18.4 Å². The molecule has 0 spiro atoms. The summed E-state index contributed by atoms with van der Waals surface area (Å²) in [5.74, 6) is 1.52. The number of hydrogen-bond acceptors (Lipinski definition) is 8. The van der Waals surface area contributed by atoms with Crippen molar-refractivity contribution in [2.45, 2.75) is 12.8 Å². The van der Waals surface area contributed by atoms with Crippen LogP contribution >= 0.6 is 0 Å². The van der Waals surface area contributed by atoms with Crippen molar-refractivity contribution < 1.29 is 9.15 Å². The van der Waals surface area contributed by atoms with Gasteiger partial charge in [-0.3, -0.25) is 0 Å². The van der Waals surface area contributed by atoms with Crippen LogP contribution in [-0.2, 0) is 0 Å². The molecule has 2 aromatic heterocycles. The van der Waals surface area contributed by atoms with Crippen molar-refractivity contribution in [3.8, 4) is 28.9 Å². The van der Waals surface area contributed by atoms with Crippen molar-refractivity contribution in [3.05, 3.63) is 42.0 Å². The molecular formula is C19H14N6O2. The third-order valence-corrected chi connectivity index (χ3v) is 4.60. The van der Waals surface area contributed by atoms with E-state index < -0.39 is 0 Å². The van der Waals surface area contributed by atoms with Crippen LogP contribution in [-0.4, -0.2) is 27.0 Å². The van der Waals surface area contributed by atoms with Crippen LogP contribution in [0.25, 0.3) is 33.9 Å². The quantitative estimate of drug-likeness (QED) is 0.575. The number of rotatable bonds is 5. The summed E-state index contributed by atoms with van der Waals surface area (Å²) in [6.45, 7) is 0.901. The fraction of sp³-hybridized carbons (Fsp3) is 0.211. The van der Waals surface area contributed by atoms with Crippen molar-refractivity contribution in [1.29, 1.82) is 5.26 Å². The summed E-state index contributed by atoms with van der Waals surface area (Å²) in [5.41, 5.74) is 4.12. The highest BCUT2D eigenvalue weighted by Gasteiger charge is 2.21. The maximum Gasteiger partial charge on any atom is 0.258 e. The van der Waals surface area contributed by atoms with Crippen molar-refractivity contribution in [2.24, 2.45) is 5.92 Å². The summed E-state index contributed by atoms with van der Waals surface area (Å²) < 4.78 is 10.1. The molecule has 0 saturated heterocycles. The number of nitriles is 1. The lowest BCUT2D eigenvalue weighted by Gasteiger charge is -2.07. The van der Waals surface area contributed by atoms with Crippen LogP contribution in [0.2, 0.25) is 0 Å². The van der Waals surface area contributed by atoms with Crippen molar-refractivity contribution >= 4 is 16.7 Å². The van der Waals surface area contributed by atoms with Crippen LogP contribution in [0.3, 0.4) is 0 Å². The monoisotopic (exact) mass is 358 g/mol. The van der Waals surface area contributed by atoms with Crippen molar-refractivity contribution in [1.82, 2.24) is 20.5 Å². The average molecular weight is 358 g/mol. The first-order valence-corrected chi connectivity index (χ1v) is 8.65. The van der Waals surface area contributed by atoms with Gasteiger partial charge in [0, 0.05) is 17.7 Å². The third-order valence-electron chi connectivity index (χ3n) is 4.60. The van der Waals surface area contributed by atoms with Crippen LogP contribution in [0.15, 0.2) is 45.6 Å². The Labute approximate surface area is 153 Å². The van der Waals surface area contributed by atoms with E-state index in [0.29, 0.717) is 33.9 Å². The van der Waals surface area contributed by atoms with E-state index in [1.807, 2.05) is 18.2 Å². The fourth-order valence-electron chi connectivity index (χ4n) is 2.88. The molecule has 0 aliphatic heterocycles. The predicted octanol–water partition coefficient (Wildman–Crippen LogP) is 3.63. The molecular weight excluding hydrogens is 344 g/mol. The Hall–Kier alpha value is -3.73. The van der Waals surface area contributed by atoms with E-state index in [1.54, 1.807) is 18.2 Å². The molecule has 0 atom stereocenters. The van der Waals surface area contributed by atoms with Gasteiger partial charge in [0.15, 0.2) is 0 Å². The van der Waals surface area contributed by atoms with E-state index in [0.717, 1.165) is 23.7 Å². The number of nitrogens with one attached hydrogen (secondary N) is 1. The lowest BCUT2D eigenvalue weighted by Crippen LogP contribution is -2.04. The first-order chi connectivity index (χ1) is 13.3. The zero-order valence-electron chi connectivity index (χ0n) is 14.2. The fourth-order valence-corrected chi connectivity index (χ4v) is 2.88. The predicted molar refractivity (Wildman–Crippen MR) is 96.5 cm³/mol. The highest BCUT2D eigenvalue weighted by Crippen LogP contribution is 2.31. The van der Waals surface area contributed by atoms with Gasteiger partial charge in [0.25, 0.3) is 5.89 Å². The number of nitrogens with zero attached hydrogens (tertiary/aromatic N) is 5. The number of anilines is 1. The summed E-state index contributed by atoms with van der Waals surface area (Å²) in [6, 6.07) is 13.1. The van der Waals surface area contributed by atoms with Crippen LogP contribution in [0, 0.1) is 17.2 Å². The first kappa shape index (κ1) is 15.5. The molecule has 5 rings (SSSR count). The van der Waals surface area contributed by atoms with E-state index in [4.69, 9.17) is 9.15 Å². The van der Waals surface area contributed by atoms with Crippen LogP contribution in [0.5, 0.6) is 0 Å². The molecule has 1 aliphatic rings. The lowest BCUT2D eigenvalue weighted by atomic mass is 10.1. The third kappa shape index (κ3) is 3.00. The van der Waals surface area contributed by atoms with Crippen molar-refractivity contribution in [3.63, 3.8) is 0 Å². The number of fused-ring (bicyclic) bond motifs is 1. The van der Waals surface area contributed by atoms with Gasteiger partial charge in [-0.1, -0.05) is 5.16 Å². The first-order valence-electron chi connectivity index (χ1n) is 8.65. The van der Waals surface area contributed by atoms with E-state index in [1.165, 1.54) is 12.8 Å². The molecule has 0 unspecified atom stereocenters. The number of aromatic nitrogens is 4. The molecule has 132 valence electrons. The molecule has 0 radical (unpaired) electrons. The maximum absolute atomic E-state index is 9.46. The van der Waals surface area contributed by atoms with E-state index in [2.05, 4.69) is 31.8 Å². The molecule has 1 saturated carbocycles. The molecule has 0 amide bonds. The molecule has 2 aromatic carbocycles. The lowest BCUT2D eigenvalue weighted by molar-refractivity contribution is 0.315. The molecule has 8 nitrogen and oxygen atoms in total. The van der Waals surface area contributed by atoms with Crippen LogP contribution < -0.4 is 5.32 Å².